The van der Waals surface area contributed by atoms with E-state index >= 15 is 0 Å². The van der Waals surface area contributed by atoms with Crippen LogP contribution in [-0.2, 0) is 6.42 Å². The van der Waals surface area contributed by atoms with Crippen LogP contribution < -0.4 is 0 Å². The van der Waals surface area contributed by atoms with Gasteiger partial charge in [-0.2, -0.15) is 0 Å². The van der Waals surface area contributed by atoms with Crippen LogP contribution >= 0.6 is 56.8 Å². The Hall–Kier alpha value is -0.0700. The van der Waals surface area contributed by atoms with Gasteiger partial charge in [0.25, 0.3) is 0 Å². The van der Waals surface area contributed by atoms with Gasteiger partial charge in [-0.25, -0.2) is 0 Å². The van der Waals surface area contributed by atoms with Crippen molar-refractivity contribution < 1.29 is 0 Å². The Kier molecular flexibility index (Phi) is 4.19. The first-order valence-corrected chi connectivity index (χ1v) is 8.57. The number of fused-ring (bicyclic) bond motifs is 1. The molecule has 0 radical (unpaired) electrons. The Labute approximate surface area is 145 Å². The number of hydrogen-bond donors (Lipinski definition) is 0. The minimum absolute atomic E-state index is 0.356. The average Bonchev–Trinajstić information content (AvgIpc) is 2.42. The molecule has 3 rings (SSSR count). The van der Waals surface area contributed by atoms with E-state index in [9.17, 15) is 0 Å². The molecule has 1 aliphatic carbocycles. The van der Waals surface area contributed by atoms with E-state index in [1.165, 1.54) is 23.9 Å². The molecular weight excluding hydrogens is 481 g/mol. The third kappa shape index (κ3) is 2.72. The van der Waals surface area contributed by atoms with E-state index in [2.05, 4.69) is 81.6 Å². The SMILES string of the molecule is Clc1ccc(C2C(I)=C(I)Cc3ccccc32)cc1. The molecule has 19 heavy (non-hydrogen) atoms. The Morgan fingerprint density at radius 3 is 2.37 bits per heavy atom. The van der Waals surface area contributed by atoms with Gasteiger partial charge < -0.3 is 0 Å². The molecule has 0 heterocycles. The molecule has 96 valence electrons. The van der Waals surface area contributed by atoms with Crippen molar-refractivity contribution in [1.29, 1.82) is 0 Å². The van der Waals surface area contributed by atoms with Gasteiger partial charge in [0.2, 0.25) is 0 Å². The largest absolute Gasteiger partial charge is 0.0843 e. The van der Waals surface area contributed by atoms with Crippen molar-refractivity contribution in [1.82, 2.24) is 0 Å². The van der Waals surface area contributed by atoms with Gasteiger partial charge in [-0.1, -0.05) is 48.0 Å². The molecule has 1 aliphatic rings. The second kappa shape index (κ2) is 5.74. The third-order valence-electron chi connectivity index (χ3n) is 3.43. The van der Waals surface area contributed by atoms with Crippen LogP contribution in [0.4, 0.5) is 0 Å². The number of halogens is 3. The normalized spacial score (nSPS) is 18.4. The number of benzene rings is 2. The number of hydrogen-bond acceptors (Lipinski definition) is 0. The summed E-state index contributed by atoms with van der Waals surface area (Å²) in [5.74, 6) is 0.356. The van der Waals surface area contributed by atoms with Crippen LogP contribution in [0.1, 0.15) is 22.6 Å². The van der Waals surface area contributed by atoms with Crippen LogP contribution in [-0.4, -0.2) is 0 Å². The lowest BCUT2D eigenvalue weighted by atomic mass is 9.83. The lowest BCUT2D eigenvalue weighted by Crippen LogP contribution is -2.11. The van der Waals surface area contributed by atoms with Gasteiger partial charge in [0.1, 0.15) is 0 Å². The zero-order chi connectivity index (χ0) is 13.4. The second-order valence-corrected chi connectivity index (χ2v) is 7.51. The maximum absolute atomic E-state index is 6.00. The van der Waals surface area contributed by atoms with Gasteiger partial charge in [0.05, 0.1) is 0 Å². The monoisotopic (exact) mass is 492 g/mol. The number of allylic oxidation sites excluding steroid dienone is 2. The lowest BCUT2D eigenvalue weighted by molar-refractivity contribution is 0.943. The van der Waals surface area contributed by atoms with Gasteiger partial charge in [0, 0.05) is 24.5 Å². The van der Waals surface area contributed by atoms with Crippen molar-refractivity contribution in [3.8, 4) is 0 Å². The van der Waals surface area contributed by atoms with Gasteiger partial charge in [-0.3, -0.25) is 0 Å². The van der Waals surface area contributed by atoms with Gasteiger partial charge >= 0.3 is 0 Å². The Morgan fingerprint density at radius 1 is 0.947 bits per heavy atom. The molecule has 1 unspecified atom stereocenters. The second-order valence-electron chi connectivity index (χ2n) is 4.61. The summed E-state index contributed by atoms with van der Waals surface area (Å²) in [6.07, 6.45) is 1.05. The number of rotatable bonds is 1. The van der Waals surface area contributed by atoms with Crippen LogP contribution in [0.3, 0.4) is 0 Å². The molecule has 0 bridgehead atoms. The summed E-state index contributed by atoms with van der Waals surface area (Å²) >= 11 is 11.0. The first kappa shape index (κ1) is 13.9. The molecular formula is C16H11ClI2. The first-order valence-electron chi connectivity index (χ1n) is 6.04. The molecule has 1 atom stereocenters. The average molecular weight is 493 g/mol. The lowest BCUT2D eigenvalue weighted by Gasteiger charge is -2.27. The van der Waals surface area contributed by atoms with E-state index in [0.717, 1.165) is 11.4 Å². The first-order chi connectivity index (χ1) is 9.16. The summed E-state index contributed by atoms with van der Waals surface area (Å²) in [4.78, 5) is 0. The van der Waals surface area contributed by atoms with Gasteiger partial charge in [0.15, 0.2) is 0 Å². The van der Waals surface area contributed by atoms with E-state index in [0.29, 0.717) is 5.92 Å². The minimum Gasteiger partial charge on any atom is -0.0843 e. The minimum atomic E-state index is 0.356. The third-order valence-corrected chi connectivity index (χ3v) is 6.95. The maximum atomic E-state index is 6.00. The molecule has 0 saturated carbocycles. The molecule has 0 nitrogen and oxygen atoms in total. The van der Waals surface area contributed by atoms with Crippen molar-refractivity contribution in [2.75, 3.05) is 0 Å². The fourth-order valence-corrected chi connectivity index (χ4v) is 4.24. The van der Waals surface area contributed by atoms with Crippen molar-refractivity contribution in [2.45, 2.75) is 12.3 Å². The molecule has 0 amide bonds. The molecule has 0 aromatic heterocycles. The summed E-state index contributed by atoms with van der Waals surface area (Å²) in [6.45, 7) is 0. The highest BCUT2D eigenvalue weighted by Gasteiger charge is 2.26. The Morgan fingerprint density at radius 2 is 1.63 bits per heavy atom. The molecule has 3 heteroatoms. The standard InChI is InChI=1S/C16H11ClI2/c17-12-7-5-10(6-8-12)15-13-4-2-1-3-11(13)9-14(18)16(15)19/h1-8,15H,9H2. The van der Waals surface area contributed by atoms with Crippen molar-refractivity contribution >= 4 is 56.8 Å². The van der Waals surface area contributed by atoms with Gasteiger partial charge in [-0.05, 0) is 74.0 Å². The van der Waals surface area contributed by atoms with Crippen LogP contribution in [0.25, 0.3) is 0 Å². The zero-order valence-corrected chi connectivity index (χ0v) is 15.1. The molecule has 0 fully saturated rings. The predicted molar refractivity (Wildman–Crippen MR) is 98.5 cm³/mol. The van der Waals surface area contributed by atoms with E-state index in [4.69, 9.17) is 11.6 Å². The highest BCUT2D eigenvalue weighted by Crippen LogP contribution is 2.45. The Bertz CT molecular complexity index is 644. The summed E-state index contributed by atoms with van der Waals surface area (Å²) in [5.41, 5.74) is 4.18. The summed E-state index contributed by atoms with van der Waals surface area (Å²) in [7, 11) is 0. The quantitative estimate of drug-likeness (QED) is 0.422. The summed E-state index contributed by atoms with van der Waals surface area (Å²) < 4.78 is 2.87. The smallest absolute Gasteiger partial charge is 0.0408 e. The van der Waals surface area contributed by atoms with E-state index in [1.807, 2.05) is 12.1 Å². The topological polar surface area (TPSA) is 0 Å². The molecule has 2 aromatic rings. The molecule has 0 aliphatic heterocycles. The summed E-state index contributed by atoms with van der Waals surface area (Å²) in [6, 6.07) is 17.0. The van der Waals surface area contributed by atoms with Crippen molar-refractivity contribution in [2.24, 2.45) is 0 Å². The highest BCUT2D eigenvalue weighted by atomic mass is 127. The fourth-order valence-electron chi connectivity index (χ4n) is 2.50. The maximum Gasteiger partial charge on any atom is 0.0408 e. The zero-order valence-electron chi connectivity index (χ0n) is 10.0. The summed E-state index contributed by atoms with van der Waals surface area (Å²) in [5, 5.41) is 0.793. The van der Waals surface area contributed by atoms with Gasteiger partial charge in [-0.15, -0.1) is 0 Å². The highest BCUT2D eigenvalue weighted by molar-refractivity contribution is 14.1. The molecule has 2 aromatic carbocycles. The van der Waals surface area contributed by atoms with Crippen LogP contribution in [0, 0.1) is 0 Å². The Balaban J connectivity index is 2.16. The molecule has 0 N–H and O–H groups in total. The van der Waals surface area contributed by atoms with Crippen LogP contribution in [0.15, 0.2) is 55.7 Å². The van der Waals surface area contributed by atoms with Crippen molar-refractivity contribution in [3.63, 3.8) is 0 Å². The molecule has 0 saturated heterocycles. The fraction of sp³-hybridized carbons (Fsp3) is 0.125. The predicted octanol–water partition coefficient (Wildman–Crippen LogP) is 6.11. The van der Waals surface area contributed by atoms with E-state index in [1.54, 1.807) is 0 Å². The van der Waals surface area contributed by atoms with E-state index in [-0.39, 0.29) is 0 Å². The van der Waals surface area contributed by atoms with E-state index < -0.39 is 0 Å². The van der Waals surface area contributed by atoms with Crippen molar-refractivity contribution in [3.05, 3.63) is 77.4 Å². The van der Waals surface area contributed by atoms with Crippen LogP contribution in [0.2, 0.25) is 5.02 Å². The van der Waals surface area contributed by atoms with Crippen LogP contribution in [0.5, 0.6) is 0 Å². The molecule has 0 spiro atoms.